The largest absolute Gasteiger partial charge is 0.491 e. The van der Waals surface area contributed by atoms with Gasteiger partial charge in [-0.05, 0) is 38.5 Å². The summed E-state index contributed by atoms with van der Waals surface area (Å²) in [4.78, 5) is 11.3. The molecule has 0 aliphatic heterocycles. The Hall–Kier alpha value is -1.26. The number of carbonyl (C=O) groups is 1. The minimum absolute atomic E-state index is 0. The number of benzene rings is 1. The monoisotopic (exact) mass is 287 g/mol. The van der Waals surface area contributed by atoms with Crippen molar-refractivity contribution in [2.75, 3.05) is 6.61 Å². The van der Waals surface area contributed by atoms with Crippen LogP contribution < -0.4 is 10.5 Å². The Morgan fingerprint density at radius 3 is 2.32 bits per heavy atom. The van der Waals surface area contributed by atoms with Crippen molar-refractivity contribution in [2.45, 2.75) is 39.3 Å². The van der Waals surface area contributed by atoms with Gasteiger partial charge in [-0.1, -0.05) is 12.1 Å². The molecule has 4 nitrogen and oxygen atoms in total. The molecule has 0 aliphatic rings. The molecule has 0 aliphatic carbocycles. The topological polar surface area (TPSA) is 61.5 Å². The minimum atomic E-state index is -0.336. The molecule has 108 valence electrons. The van der Waals surface area contributed by atoms with Crippen molar-refractivity contribution in [3.63, 3.8) is 0 Å². The quantitative estimate of drug-likeness (QED) is 0.817. The average Bonchev–Trinajstić information content (AvgIpc) is 2.29. The van der Waals surface area contributed by atoms with Crippen molar-refractivity contribution in [1.82, 2.24) is 0 Å². The summed E-state index contributed by atoms with van der Waals surface area (Å²) in [5.74, 6) is 0.532. The number of carbonyl (C=O) groups excluding carboxylic acids is 1. The van der Waals surface area contributed by atoms with Gasteiger partial charge >= 0.3 is 5.97 Å². The van der Waals surface area contributed by atoms with E-state index < -0.39 is 0 Å². The fourth-order valence-corrected chi connectivity index (χ4v) is 1.58. The number of hydrogen-bond acceptors (Lipinski definition) is 4. The number of hydrogen-bond donors (Lipinski definition) is 1. The molecule has 0 fully saturated rings. The smallest absolute Gasteiger partial charge is 0.307 e. The van der Waals surface area contributed by atoms with Crippen LogP contribution in [0.2, 0.25) is 0 Å². The lowest BCUT2D eigenvalue weighted by atomic mass is 10.0. The van der Waals surface area contributed by atoms with E-state index in [9.17, 15) is 4.79 Å². The van der Waals surface area contributed by atoms with E-state index >= 15 is 0 Å². The number of nitrogens with two attached hydrogens (primary N) is 1. The molecule has 5 heteroatoms. The third-order valence-electron chi connectivity index (χ3n) is 2.37. The van der Waals surface area contributed by atoms with Crippen molar-refractivity contribution in [1.29, 1.82) is 0 Å². The molecule has 0 saturated heterocycles. The number of rotatable bonds is 6. The van der Waals surface area contributed by atoms with Crippen molar-refractivity contribution in [3.8, 4) is 5.75 Å². The van der Waals surface area contributed by atoms with E-state index in [1.165, 1.54) is 0 Å². The lowest BCUT2D eigenvalue weighted by Crippen LogP contribution is -2.17. The van der Waals surface area contributed by atoms with E-state index in [4.69, 9.17) is 15.2 Å². The summed E-state index contributed by atoms with van der Waals surface area (Å²) in [7, 11) is 0. The van der Waals surface area contributed by atoms with Crippen LogP contribution in [-0.4, -0.2) is 18.7 Å². The van der Waals surface area contributed by atoms with E-state index in [-0.39, 0.29) is 36.9 Å². The molecule has 0 saturated carbocycles. The maximum absolute atomic E-state index is 11.3. The summed E-state index contributed by atoms with van der Waals surface area (Å²) < 4.78 is 10.4. The van der Waals surface area contributed by atoms with Gasteiger partial charge in [-0.25, -0.2) is 0 Å². The van der Waals surface area contributed by atoms with Gasteiger partial charge in [0.05, 0.1) is 19.1 Å². The molecular formula is C14H22ClNO3. The number of esters is 1. The van der Waals surface area contributed by atoms with E-state index in [0.29, 0.717) is 6.61 Å². The fraction of sp³-hybridized carbons (Fsp3) is 0.500. The third kappa shape index (κ3) is 6.45. The van der Waals surface area contributed by atoms with Crippen LogP contribution >= 0.6 is 12.4 Å². The van der Waals surface area contributed by atoms with Crippen LogP contribution in [0.5, 0.6) is 5.75 Å². The number of ether oxygens (including phenoxy) is 2. The first-order chi connectivity index (χ1) is 8.52. The second kappa shape index (κ2) is 8.77. The summed E-state index contributed by atoms with van der Waals surface area (Å²) in [6.07, 6.45) is 0.335. The normalized spacial score (nSPS) is 11.6. The Kier molecular flexibility index (Phi) is 8.19. The van der Waals surface area contributed by atoms with Crippen LogP contribution in [0.3, 0.4) is 0 Å². The van der Waals surface area contributed by atoms with Crippen molar-refractivity contribution < 1.29 is 14.3 Å². The lowest BCUT2D eigenvalue weighted by molar-refractivity contribution is -0.143. The van der Waals surface area contributed by atoms with Crippen LogP contribution in [0.25, 0.3) is 0 Å². The predicted molar refractivity (Wildman–Crippen MR) is 77.6 cm³/mol. The van der Waals surface area contributed by atoms with Gasteiger partial charge in [0.15, 0.2) is 0 Å². The van der Waals surface area contributed by atoms with Gasteiger partial charge in [0.1, 0.15) is 5.75 Å². The highest BCUT2D eigenvalue weighted by molar-refractivity contribution is 5.85. The molecule has 1 aromatic rings. The third-order valence-corrected chi connectivity index (χ3v) is 2.37. The Bertz CT molecular complexity index is 379. The first-order valence-corrected chi connectivity index (χ1v) is 6.20. The number of halogens is 1. The molecule has 1 aromatic carbocycles. The van der Waals surface area contributed by atoms with Crippen molar-refractivity contribution in [2.24, 2.45) is 5.73 Å². The zero-order valence-electron chi connectivity index (χ0n) is 11.6. The van der Waals surface area contributed by atoms with Gasteiger partial charge in [-0.3, -0.25) is 4.79 Å². The van der Waals surface area contributed by atoms with E-state index in [1.54, 1.807) is 6.92 Å². The Labute approximate surface area is 120 Å². The predicted octanol–water partition coefficient (Wildman–Crippen LogP) is 2.85. The second-order valence-electron chi connectivity index (χ2n) is 4.35. The fourth-order valence-electron chi connectivity index (χ4n) is 1.58. The first kappa shape index (κ1) is 17.7. The molecule has 1 atom stereocenters. The molecule has 0 radical (unpaired) electrons. The summed E-state index contributed by atoms with van der Waals surface area (Å²) in [5, 5.41) is 0. The minimum Gasteiger partial charge on any atom is -0.491 e. The molecule has 0 spiro atoms. The summed E-state index contributed by atoms with van der Waals surface area (Å²) >= 11 is 0. The molecule has 2 N–H and O–H groups in total. The first-order valence-electron chi connectivity index (χ1n) is 6.20. The molecule has 0 bridgehead atoms. The molecule has 1 unspecified atom stereocenters. The van der Waals surface area contributed by atoms with Gasteiger partial charge in [-0.2, -0.15) is 0 Å². The van der Waals surface area contributed by atoms with Gasteiger partial charge in [0, 0.05) is 6.04 Å². The molecule has 0 aromatic heterocycles. The van der Waals surface area contributed by atoms with Crippen LogP contribution in [0.4, 0.5) is 0 Å². The Morgan fingerprint density at radius 2 is 1.84 bits per heavy atom. The van der Waals surface area contributed by atoms with Crippen molar-refractivity contribution >= 4 is 18.4 Å². The maximum atomic E-state index is 11.3. The molecule has 0 amide bonds. The van der Waals surface area contributed by atoms with E-state index in [0.717, 1.165) is 11.3 Å². The van der Waals surface area contributed by atoms with Gasteiger partial charge in [-0.15, -0.1) is 12.4 Å². The Morgan fingerprint density at radius 1 is 1.26 bits per heavy atom. The van der Waals surface area contributed by atoms with Crippen molar-refractivity contribution in [3.05, 3.63) is 29.8 Å². The molecule has 0 heterocycles. The van der Waals surface area contributed by atoms with E-state index in [1.807, 2.05) is 38.1 Å². The summed E-state index contributed by atoms with van der Waals surface area (Å²) in [6, 6.07) is 7.14. The van der Waals surface area contributed by atoms with Gasteiger partial charge in [0.2, 0.25) is 0 Å². The lowest BCUT2D eigenvalue weighted by Gasteiger charge is -2.13. The van der Waals surface area contributed by atoms with Gasteiger partial charge in [0.25, 0.3) is 0 Å². The zero-order chi connectivity index (χ0) is 13.5. The van der Waals surface area contributed by atoms with Crippen LogP contribution in [-0.2, 0) is 9.53 Å². The molecule has 1 rings (SSSR count). The summed E-state index contributed by atoms with van der Waals surface area (Å²) in [5.41, 5.74) is 6.84. The highest BCUT2D eigenvalue weighted by Crippen LogP contribution is 2.19. The zero-order valence-corrected chi connectivity index (χ0v) is 12.4. The highest BCUT2D eigenvalue weighted by atomic mass is 35.5. The van der Waals surface area contributed by atoms with Gasteiger partial charge < -0.3 is 15.2 Å². The molecule has 19 heavy (non-hydrogen) atoms. The van der Waals surface area contributed by atoms with Crippen LogP contribution in [0.1, 0.15) is 38.8 Å². The summed E-state index contributed by atoms with van der Waals surface area (Å²) in [6.45, 7) is 6.11. The van der Waals surface area contributed by atoms with E-state index in [2.05, 4.69) is 0 Å². The SMILES string of the molecule is CCOC(=O)CC(N)c1ccc(OC(C)C)cc1.Cl. The Balaban J connectivity index is 0.00000324. The van der Waals surface area contributed by atoms with Crippen LogP contribution in [0, 0.1) is 0 Å². The molecular weight excluding hydrogens is 266 g/mol. The maximum Gasteiger partial charge on any atom is 0.307 e. The standard InChI is InChI=1S/C14H21NO3.ClH/c1-4-17-14(16)9-13(15)11-5-7-12(8-6-11)18-10(2)3;/h5-8,10,13H,4,9,15H2,1-3H3;1H. The second-order valence-corrected chi connectivity index (χ2v) is 4.35. The average molecular weight is 288 g/mol. The van der Waals surface area contributed by atoms with Crippen LogP contribution in [0.15, 0.2) is 24.3 Å². The highest BCUT2D eigenvalue weighted by Gasteiger charge is 2.12.